The van der Waals surface area contributed by atoms with E-state index in [4.69, 9.17) is 9.47 Å². The summed E-state index contributed by atoms with van der Waals surface area (Å²) in [5, 5.41) is 2.72. The van der Waals surface area contributed by atoms with Gasteiger partial charge >= 0.3 is 6.09 Å². The van der Waals surface area contributed by atoms with Gasteiger partial charge in [0, 0.05) is 0 Å². The Kier molecular flexibility index (Phi) is 8.00. The monoisotopic (exact) mass is 313 g/mol. The van der Waals surface area contributed by atoms with Crippen LogP contribution < -0.4 is 10.1 Å². The number of carbonyl (C=O) groups excluding carboxylic acids is 1. The van der Waals surface area contributed by atoms with E-state index in [0.717, 1.165) is 11.3 Å². The minimum atomic E-state index is -0.981. The van der Waals surface area contributed by atoms with Crippen LogP contribution in [-0.2, 0) is 15.9 Å². The van der Waals surface area contributed by atoms with Gasteiger partial charge in [0.15, 0.2) is 4.90 Å². The van der Waals surface area contributed by atoms with Crippen LogP contribution in [0.5, 0.6) is 5.75 Å². The molecule has 1 aromatic carbocycles. The number of amides is 1. The molecule has 1 rings (SSSR count). The van der Waals surface area contributed by atoms with Crippen LogP contribution in [0.2, 0.25) is 0 Å². The van der Waals surface area contributed by atoms with Crippen molar-refractivity contribution in [3.05, 3.63) is 24.3 Å². The van der Waals surface area contributed by atoms with Crippen molar-refractivity contribution in [3.8, 4) is 5.75 Å². The van der Waals surface area contributed by atoms with Gasteiger partial charge in [-0.2, -0.15) is 0 Å². The molecule has 0 saturated heterocycles. The maximum atomic E-state index is 12.1. The van der Waals surface area contributed by atoms with E-state index in [1.807, 2.05) is 26.0 Å². The molecular weight excluding hydrogens is 290 g/mol. The van der Waals surface area contributed by atoms with Gasteiger partial charge in [-0.15, -0.1) is 0 Å². The van der Waals surface area contributed by atoms with Crippen molar-refractivity contribution >= 4 is 17.3 Å². The highest BCUT2D eigenvalue weighted by atomic mass is 32.2. The normalized spacial score (nSPS) is 13.3. The van der Waals surface area contributed by atoms with E-state index in [-0.39, 0.29) is 5.25 Å². The molecule has 118 valence electrons. The zero-order valence-electron chi connectivity index (χ0n) is 12.8. The third kappa shape index (κ3) is 6.27. The molecule has 2 atom stereocenters. The molecule has 0 aromatic heterocycles. The van der Waals surface area contributed by atoms with E-state index in [2.05, 4.69) is 5.32 Å². The molecule has 0 saturated carbocycles. The summed E-state index contributed by atoms with van der Waals surface area (Å²) in [6, 6.07) is 7.21. The van der Waals surface area contributed by atoms with Crippen LogP contribution >= 0.6 is 0 Å². The van der Waals surface area contributed by atoms with Crippen LogP contribution in [0.25, 0.3) is 0 Å². The molecule has 1 amide bonds. The van der Waals surface area contributed by atoms with E-state index in [9.17, 15) is 9.35 Å². The number of nitrogens with one attached hydrogen (secondary N) is 1. The second-order valence-electron chi connectivity index (χ2n) is 4.48. The average Bonchev–Trinajstić information content (AvgIpc) is 2.51. The molecular formula is C15H23NO4S. The zero-order chi connectivity index (χ0) is 15.7. The Morgan fingerprint density at radius 1 is 1.33 bits per heavy atom. The van der Waals surface area contributed by atoms with Gasteiger partial charge in [-0.1, -0.05) is 6.92 Å². The number of rotatable bonds is 8. The molecule has 0 radical (unpaired) electrons. The summed E-state index contributed by atoms with van der Waals surface area (Å²) < 4.78 is 22.3. The van der Waals surface area contributed by atoms with Gasteiger partial charge in [-0.05, 0) is 55.7 Å². The van der Waals surface area contributed by atoms with Crippen molar-refractivity contribution < 1.29 is 18.8 Å². The van der Waals surface area contributed by atoms with Gasteiger partial charge in [0.2, 0.25) is 0 Å². The fourth-order valence-electron chi connectivity index (χ4n) is 1.56. The summed E-state index contributed by atoms with van der Waals surface area (Å²) in [5.41, 5.74) is 0. The second kappa shape index (κ2) is 9.52. The number of alkyl carbamates (subject to hydrolysis) is 1. The number of ether oxygens (including phenoxy) is 2. The topological polar surface area (TPSA) is 70.6 Å². The minimum absolute atomic E-state index is 0.144. The Morgan fingerprint density at radius 2 is 2.00 bits per heavy atom. The number of hydrogen-bond acceptors (Lipinski definition) is 4. The van der Waals surface area contributed by atoms with Crippen LogP contribution in [0.15, 0.2) is 29.2 Å². The van der Waals surface area contributed by atoms with Crippen molar-refractivity contribution in [1.82, 2.24) is 5.32 Å². The molecule has 0 fully saturated rings. The molecule has 1 aromatic rings. The standard InChI is InChI=1S/C15H23NO4S/c1-4-12(3)21(18)14-8-6-13(7-9-14)20-11-10-16-15(17)19-5-2/h6-9,12H,4-5,10-11H2,1-3H3,(H,16,17). The summed E-state index contributed by atoms with van der Waals surface area (Å²) in [7, 11) is 0. The molecule has 2 unspecified atom stereocenters. The third-order valence-electron chi connectivity index (χ3n) is 2.91. The summed E-state index contributed by atoms with van der Waals surface area (Å²) in [6.07, 6.45) is 0.435. The van der Waals surface area contributed by atoms with Gasteiger partial charge in [0.1, 0.15) is 17.6 Å². The summed E-state index contributed by atoms with van der Waals surface area (Å²) in [4.78, 5) is 11.9. The number of benzene rings is 1. The lowest BCUT2D eigenvalue weighted by Crippen LogP contribution is -2.28. The smallest absolute Gasteiger partial charge is 0.407 e. The van der Waals surface area contributed by atoms with Crippen molar-refractivity contribution in [2.75, 3.05) is 19.8 Å². The maximum absolute atomic E-state index is 12.1. The quantitative estimate of drug-likeness (QED) is 0.592. The molecule has 0 spiro atoms. The van der Waals surface area contributed by atoms with Crippen molar-refractivity contribution in [2.45, 2.75) is 37.3 Å². The average molecular weight is 313 g/mol. The molecule has 21 heavy (non-hydrogen) atoms. The highest BCUT2D eigenvalue weighted by Crippen LogP contribution is 2.21. The molecule has 0 aliphatic rings. The van der Waals surface area contributed by atoms with Gasteiger partial charge in [0.05, 0.1) is 13.2 Å². The first-order valence-corrected chi connectivity index (χ1v) is 8.33. The van der Waals surface area contributed by atoms with Crippen LogP contribution in [0, 0.1) is 0 Å². The maximum Gasteiger partial charge on any atom is 0.407 e. The Bertz CT molecular complexity index is 424. The molecule has 6 heteroatoms. The van der Waals surface area contributed by atoms with E-state index in [1.54, 1.807) is 19.1 Å². The zero-order valence-corrected chi connectivity index (χ0v) is 13.6. The first-order chi connectivity index (χ1) is 10.1. The third-order valence-corrected chi connectivity index (χ3v) is 4.71. The molecule has 0 aliphatic heterocycles. The van der Waals surface area contributed by atoms with Crippen LogP contribution in [0.4, 0.5) is 4.79 Å². The molecule has 0 heterocycles. The van der Waals surface area contributed by atoms with Crippen molar-refractivity contribution in [3.63, 3.8) is 0 Å². The summed E-state index contributed by atoms with van der Waals surface area (Å²) in [6.45, 7) is 6.83. The van der Waals surface area contributed by atoms with Crippen LogP contribution in [0.3, 0.4) is 0 Å². The number of carbonyl (C=O) groups is 1. The molecule has 0 aliphatic carbocycles. The fraction of sp³-hybridized carbons (Fsp3) is 0.533. The Balaban J connectivity index is 2.36. The van der Waals surface area contributed by atoms with Gasteiger partial charge < -0.3 is 19.3 Å². The van der Waals surface area contributed by atoms with Crippen LogP contribution in [-0.4, -0.2) is 35.7 Å². The second-order valence-corrected chi connectivity index (χ2v) is 6.35. The fourth-order valence-corrected chi connectivity index (χ4v) is 2.73. The first kappa shape index (κ1) is 17.7. The van der Waals surface area contributed by atoms with Gasteiger partial charge in [-0.3, -0.25) is 0 Å². The predicted octanol–water partition coefficient (Wildman–Crippen LogP) is 2.72. The molecule has 5 nitrogen and oxygen atoms in total. The van der Waals surface area contributed by atoms with Crippen molar-refractivity contribution in [1.29, 1.82) is 0 Å². The lowest BCUT2D eigenvalue weighted by Gasteiger charge is -2.16. The van der Waals surface area contributed by atoms with Gasteiger partial charge in [0.25, 0.3) is 0 Å². The lowest BCUT2D eigenvalue weighted by atomic mass is 10.3. The largest absolute Gasteiger partial charge is 0.611 e. The highest BCUT2D eigenvalue weighted by molar-refractivity contribution is 7.92. The lowest BCUT2D eigenvalue weighted by molar-refractivity contribution is 0.150. The Hall–Kier alpha value is -1.40. The predicted molar refractivity (Wildman–Crippen MR) is 83.1 cm³/mol. The van der Waals surface area contributed by atoms with E-state index < -0.39 is 17.3 Å². The van der Waals surface area contributed by atoms with E-state index in [0.29, 0.717) is 25.5 Å². The summed E-state index contributed by atoms with van der Waals surface area (Å²) in [5.74, 6) is 0.686. The van der Waals surface area contributed by atoms with Crippen molar-refractivity contribution in [2.24, 2.45) is 0 Å². The molecule has 0 bridgehead atoms. The molecule has 1 N–H and O–H groups in total. The van der Waals surface area contributed by atoms with E-state index >= 15 is 0 Å². The SMILES string of the molecule is CCOC(=O)NCCOc1ccc([S+]([O-])C(C)CC)cc1. The summed E-state index contributed by atoms with van der Waals surface area (Å²) >= 11 is -0.981. The highest BCUT2D eigenvalue weighted by Gasteiger charge is 2.17. The van der Waals surface area contributed by atoms with Gasteiger partial charge in [-0.25, -0.2) is 4.79 Å². The van der Waals surface area contributed by atoms with E-state index in [1.165, 1.54) is 0 Å². The number of hydrogen-bond donors (Lipinski definition) is 1. The first-order valence-electron chi connectivity index (χ1n) is 7.12. The minimum Gasteiger partial charge on any atom is -0.611 e. The Labute approximate surface area is 129 Å². The Morgan fingerprint density at radius 3 is 2.57 bits per heavy atom. The van der Waals surface area contributed by atoms with Crippen LogP contribution in [0.1, 0.15) is 27.2 Å².